The van der Waals surface area contributed by atoms with Gasteiger partial charge in [0.05, 0.1) is 18.7 Å². The standard InChI is InChI=1S/C25H34ClN3O4/c1-28(2)16-9-15-27-24(30)14-4-3-7-17-33-23-13-6-5-12-22(23)25(31)29(32)19-20-10-8-11-21(26)18-20/h5-6,8,10-13,18,32H,3-4,7,9,14-17,19H2,1-2H3,(H,27,30). The molecule has 0 aromatic heterocycles. The molecule has 0 saturated heterocycles. The molecule has 0 unspecified atom stereocenters. The van der Waals surface area contributed by atoms with Crippen LogP contribution in [0.5, 0.6) is 5.75 Å². The molecule has 0 heterocycles. The van der Waals surface area contributed by atoms with Gasteiger partial charge in [-0.2, -0.15) is 0 Å². The van der Waals surface area contributed by atoms with E-state index in [-0.39, 0.29) is 12.5 Å². The molecule has 8 heteroatoms. The largest absolute Gasteiger partial charge is 0.493 e. The highest BCUT2D eigenvalue weighted by molar-refractivity contribution is 6.30. The summed E-state index contributed by atoms with van der Waals surface area (Å²) in [6, 6.07) is 13.8. The van der Waals surface area contributed by atoms with Crippen LogP contribution in [0.2, 0.25) is 5.02 Å². The monoisotopic (exact) mass is 475 g/mol. The van der Waals surface area contributed by atoms with E-state index >= 15 is 0 Å². The Morgan fingerprint density at radius 1 is 1.03 bits per heavy atom. The Labute approximate surface area is 201 Å². The van der Waals surface area contributed by atoms with Crippen LogP contribution in [0.15, 0.2) is 48.5 Å². The molecule has 0 spiro atoms. The lowest BCUT2D eigenvalue weighted by Crippen LogP contribution is -2.27. The first-order valence-electron chi connectivity index (χ1n) is 11.2. The van der Waals surface area contributed by atoms with Gasteiger partial charge < -0.3 is 15.0 Å². The topological polar surface area (TPSA) is 82.1 Å². The molecule has 33 heavy (non-hydrogen) atoms. The average Bonchev–Trinajstić information content (AvgIpc) is 2.78. The molecule has 2 N–H and O–H groups in total. The molecular formula is C25H34ClN3O4. The summed E-state index contributed by atoms with van der Waals surface area (Å²) in [5.41, 5.74) is 1.01. The molecule has 0 atom stereocenters. The third-order valence-corrected chi connectivity index (χ3v) is 5.22. The number of rotatable bonds is 14. The van der Waals surface area contributed by atoms with Gasteiger partial charge in [0.2, 0.25) is 5.91 Å². The van der Waals surface area contributed by atoms with Crippen molar-refractivity contribution in [2.24, 2.45) is 0 Å². The number of hydrogen-bond donors (Lipinski definition) is 2. The molecule has 2 rings (SSSR count). The van der Waals surface area contributed by atoms with Crippen LogP contribution in [0, 0.1) is 0 Å². The van der Waals surface area contributed by atoms with Gasteiger partial charge in [0.1, 0.15) is 5.75 Å². The molecule has 0 radical (unpaired) electrons. The Hall–Kier alpha value is -2.61. The van der Waals surface area contributed by atoms with Gasteiger partial charge in [-0.15, -0.1) is 0 Å². The van der Waals surface area contributed by atoms with E-state index in [4.69, 9.17) is 16.3 Å². The highest BCUT2D eigenvalue weighted by atomic mass is 35.5. The maximum atomic E-state index is 12.7. The second-order valence-electron chi connectivity index (χ2n) is 8.15. The van der Waals surface area contributed by atoms with Gasteiger partial charge in [0, 0.05) is 18.0 Å². The van der Waals surface area contributed by atoms with Crippen molar-refractivity contribution < 1.29 is 19.5 Å². The van der Waals surface area contributed by atoms with E-state index in [0.717, 1.165) is 37.8 Å². The predicted molar refractivity (Wildman–Crippen MR) is 130 cm³/mol. The predicted octanol–water partition coefficient (Wildman–Crippen LogP) is 4.38. The first kappa shape index (κ1) is 26.6. The number of unbranched alkanes of at least 4 members (excludes halogenated alkanes) is 2. The van der Waals surface area contributed by atoms with E-state index < -0.39 is 5.91 Å². The molecule has 0 aliphatic heterocycles. The fourth-order valence-electron chi connectivity index (χ4n) is 3.25. The Balaban J connectivity index is 1.72. The second-order valence-corrected chi connectivity index (χ2v) is 8.59. The molecule has 2 aromatic rings. The smallest absolute Gasteiger partial charge is 0.281 e. The minimum atomic E-state index is -0.545. The van der Waals surface area contributed by atoms with Gasteiger partial charge in [-0.25, -0.2) is 5.06 Å². The molecule has 7 nitrogen and oxygen atoms in total. The van der Waals surface area contributed by atoms with Crippen LogP contribution in [-0.4, -0.2) is 60.8 Å². The maximum Gasteiger partial charge on any atom is 0.281 e. The number of ether oxygens (including phenoxy) is 1. The van der Waals surface area contributed by atoms with E-state index in [0.29, 0.717) is 41.0 Å². The number of halogens is 1. The van der Waals surface area contributed by atoms with Crippen molar-refractivity contribution in [3.05, 3.63) is 64.7 Å². The number of benzene rings is 2. The molecule has 0 saturated carbocycles. The first-order valence-corrected chi connectivity index (χ1v) is 11.6. The lowest BCUT2D eigenvalue weighted by molar-refractivity contribution is -0.121. The summed E-state index contributed by atoms with van der Waals surface area (Å²) in [7, 11) is 4.03. The summed E-state index contributed by atoms with van der Waals surface area (Å²) in [6.45, 7) is 2.10. The van der Waals surface area contributed by atoms with Gasteiger partial charge in [0.15, 0.2) is 0 Å². The Morgan fingerprint density at radius 3 is 2.58 bits per heavy atom. The third-order valence-electron chi connectivity index (χ3n) is 4.98. The van der Waals surface area contributed by atoms with Crippen LogP contribution in [0.3, 0.4) is 0 Å². The molecule has 180 valence electrons. The van der Waals surface area contributed by atoms with Crippen LogP contribution < -0.4 is 10.1 Å². The van der Waals surface area contributed by atoms with Crippen molar-refractivity contribution in [3.8, 4) is 5.75 Å². The highest BCUT2D eigenvalue weighted by Crippen LogP contribution is 2.21. The number of carbonyl (C=O) groups is 2. The fraction of sp³-hybridized carbons (Fsp3) is 0.440. The summed E-state index contributed by atoms with van der Waals surface area (Å²) in [5, 5.41) is 14.4. The number of amides is 2. The summed E-state index contributed by atoms with van der Waals surface area (Å²) in [6.07, 6.45) is 3.84. The second kappa shape index (κ2) is 14.5. The zero-order chi connectivity index (χ0) is 24.1. The van der Waals surface area contributed by atoms with Crippen LogP contribution in [0.1, 0.15) is 48.0 Å². The molecule has 2 aromatic carbocycles. The highest BCUT2D eigenvalue weighted by Gasteiger charge is 2.18. The number of carbonyl (C=O) groups excluding carboxylic acids is 2. The molecular weight excluding hydrogens is 442 g/mol. The summed E-state index contributed by atoms with van der Waals surface area (Å²) in [4.78, 5) is 26.7. The third kappa shape index (κ3) is 10.2. The van der Waals surface area contributed by atoms with E-state index in [1.807, 2.05) is 14.1 Å². The molecule has 0 aliphatic rings. The minimum absolute atomic E-state index is 0.0188. The van der Waals surface area contributed by atoms with Gasteiger partial charge in [0.25, 0.3) is 5.91 Å². The maximum absolute atomic E-state index is 12.7. The first-order chi connectivity index (χ1) is 15.9. The summed E-state index contributed by atoms with van der Waals surface area (Å²) in [5.74, 6) is -0.0452. The Kier molecular flexibility index (Phi) is 11.7. The number of hydroxylamine groups is 2. The Bertz CT molecular complexity index is 891. The van der Waals surface area contributed by atoms with Crippen molar-refractivity contribution in [1.82, 2.24) is 15.3 Å². The Morgan fingerprint density at radius 2 is 1.82 bits per heavy atom. The van der Waals surface area contributed by atoms with Crippen LogP contribution in [0.25, 0.3) is 0 Å². The van der Waals surface area contributed by atoms with Crippen molar-refractivity contribution in [2.75, 3.05) is 33.8 Å². The van der Waals surface area contributed by atoms with Crippen molar-refractivity contribution in [2.45, 2.75) is 38.6 Å². The van der Waals surface area contributed by atoms with Gasteiger partial charge in [-0.05, 0) is 76.2 Å². The van der Waals surface area contributed by atoms with Crippen LogP contribution in [0.4, 0.5) is 0 Å². The summed E-state index contributed by atoms with van der Waals surface area (Å²) >= 11 is 5.97. The van der Waals surface area contributed by atoms with Crippen molar-refractivity contribution >= 4 is 23.4 Å². The van der Waals surface area contributed by atoms with Gasteiger partial charge >= 0.3 is 0 Å². The van der Waals surface area contributed by atoms with E-state index in [9.17, 15) is 14.8 Å². The molecule has 2 amide bonds. The quantitative estimate of drug-likeness (QED) is 0.241. The zero-order valence-corrected chi connectivity index (χ0v) is 20.2. The van der Waals surface area contributed by atoms with Crippen molar-refractivity contribution in [3.63, 3.8) is 0 Å². The van der Waals surface area contributed by atoms with Gasteiger partial charge in [-0.3, -0.25) is 14.8 Å². The van der Waals surface area contributed by atoms with Crippen LogP contribution >= 0.6 is 11.6 Å². The van der Waals surface area contributed by atoms with Crippen molar-refractivity contribution in [1.29, 1.82) is 0 Å². The fourth-order valence-corrected chi connectivity index (χ4v) is 3.46. The number of para-hydroxylation sites is 1. The van der Waals surface area contributed by atoms with E-state index in [2.05, 4.69) is 10.2 Å². The molecule has 0 aliphatic carbocycles. The molecule has 0 bridgehead atoms. The number of nitrogens with zero attached hydrogens (tertiary/aromatic N) is 2. The van der Waals surface area contributed by atoms with Gasteiger partial charge in [-0.1, -0.05) is 35.9 Å². The SMILES string of the molecule is CN(C)CCCNC(=O)CCCCCOc1ccccc1C(=O)N(O)Cc1cccc(Cl)c1. The summed E-state index contributed by atoms with van der Waals surface area (Å²) < 4.78 is 5.80. The van der Waals surface area contributed by atoms with E-state index in [1.165, 1.54) is 0 Å². The lowest BCUT2D eigenvalue weighted by Gasteiger charge is -2.17. The van der Waals surface area contributed by atoms with Crippen LogP contribution in [-0.2, 0) is 11.3 Å². The van der Waals surface area contributed by atoms with E-state index in [1.54, 1.807) is 48.5 Å². The normalized spacial score (nSPS) is 10.8. The minimum Gasteiger partial charge on any atom is -0.493 e. The zero-order valence-electron chi connectivity index (χ0n) is 19.4. The lowest BCUT2D eigenvalue weighted by atomic mass is 10.1. The average molecular weight is 476 g/mol. The molecule has 0 fully saturated rings. The number of hydrogen-bond acceptors (Lipinski definition) is 5. The number of nitrogens with one attached hydrogen (secondary N) is 1.